The number of nitrogens with one attached hydrogen (secondary N) is 1. The zero-order valence-electron chi connectivity index (χ0n) is 13.7. The molecule has 1 aliphatic rings. The molecule has 1 saturated heterocycles. The van der Waals surface area contributed by atoms with E-state index in [4.69, 9.17) is 0 Å². The number of piperazine rings is 1. The van der Waals surface area contributed by atoms with E-state index in [0.717, 1.165) is 13.1 Å². The fraction of sp³-hybridized carbons (Fsp3) is 0.556. The summed E-state index contributed by atoms with van der Waals surface area (Å²) < 4.78 is 0. The van der Waals surface area contributed by atoms with Crippen molar-refractivity contribution < 1.29 is 0 Å². The van der Waals surface area contributed by atoms with Crippen LogP contribution >= 0.6 is 0 Å². The molecule has 0 amide bonds. The first-order valence-electron chi connectivity index (χ1n) is 7.94. The number of hydrogen-bond donors (Lipinski definition) is 1. The quantitative estimate of drug-likeness (QED) is 0.810. The summed E-state index contributed by atoms with van der Waals surface area (Å²) in [4.78, 5) is 5.00. The van der Waals surface area contributed by atoms with Gasteiger partial charge in [0.05, 0.1) is 0 Å². The van der Waals surface area contributed by atoms with Gasteiger partial charge in [-0.15, -0.1) is 0 Å². The Morgan fingerprint density at radius 2 is 1.76 bits per heavy atom. The highest BCUT2D eigenvalue weighted by Gasteiger charge is 2.28. The van der Waals surface area contributed by atoms with Gasteiger partial charge in [0.25, 0.3) is 0 Å². The molecule has 1 heterocycles. The van der Waals surface area contributed by atoms with E-state index in [-0.39, 0.29) is 5.54 Å². The fourth-order valence-electron chi connectivity index (χ4n) is 2.74. The molecule has 2 rings (SSSR count). The summed E-state index contributed by atoms with van der Waals surface area (Å²) in [5.74, 6) is 0. The monoisotopic (exact) mass is 287 g/mol. The van der Waals surface area contributed by atoms with Crippen molar-refractivity contribution in [1.29, 1.82) is 0 Å². The van der Waals surface area contributed by atoms with Crippen LogP contribution < -0.4 is 5.32 Å². The molecule has 3 nitrogen and oxygen atoms in total. The number of likely N-dealkylation sites (N-methyl/N-ethyl adjacent to an activating group) is 1. The zero-order valence-corrected chi connectivity index (χ0v) is 13.7. The third kappa shape index (κ3) is 5.27. The minimum Gasteiger partial charge on any atom is -0.311 e. The lowest BCUT2D eigenvalue weighted by molar-refractivity contribution is 0.0626. The normalized spacial score (nSPS) is 18.4. The van der Waals surface area contributed by atoms with Gasteiger partial charge in [-0.1, -0.05) is 42.5 Å². The van der Waals surface area contributed by atoms with E-state index in [1.54, 1.807) is 0 Å². The third-order valence-electron chi connectivity index (χ3n) is 4.29. The molecule has 0 aromatic heterocycles. The van der Waals surface area contributed by atoms with Crippen molar-refractivity contribution in [2.45, 2.75) is 19.4 Å². The van der Waals surface area contributed by atoms with Gasteiger partial charge in [0.15, 0.2) is 0 Å². The van der Waals surface area contributed by atoms with Crippen LogP contribution in [0.1, 0.15) is 19.4 Å². The molecule has 1 aromatic carbocycles. The minimum atomic E-state index is 0.224. The van der Waals surface area contributed by atoms with Crippen molar-refractivity contribution in [3.63, 3.8) is 0 Å². The molecule has 0 aliphatic carbocycles. The summed E-state index contributed by atoms with van der Waals surface area (Å²) in [7, 11) is 2.21. The zero-order chi connectivity index (χ0) is 15.1. The lowest BCUT2D eigenvalue weighted by atomic mass is 10.0. The lowest BCUT2D eigenvalue weighted by Gasteiger charge is -2.43. The highest BCUT2D eigenvalue weighted by molar-refractivity contribution is 5.48. The van der Waals surface area contributed by atoms with Crippen LogP contribution in [0.4, 0.5) is 0 Å². The molecule has 0 spiro atoms. The van der Waals surface area contributed by atoms with Gasteiger partial charge in [0.2, 0.25) is 0 Å². The predicted molar refractivity (Wildman–Crippen MR) is 91.5 cm³/mol. The molecule has 0 unspecified atom stereocenters. The molecule has 1 aromatic rings. The average molecular weight is 287 g/mol. The van der Waals surface area contributed by atoms with E-state index in [1.807, 2.05) is 6.07 Å². The fourth-order valence-corrected chi connectivity index (χ4v) is 2.74. The molecule has 21 heavy (non-hydrogen) atoms. The van der Waals surface area contributed by atoms with Gasteiger partial charge in [-0.25, -0.2) is 0 Å². The van der Waals surface area contributed by atoms with Crippen molar-refractivity contribution in [2.75, 3.05) is 46.3 Å². The highest BCUT2D eigenvalue weighted by atomic mass is 15.3. The van der Waals surface area contributed by atoms with Crippen LogP contribution in [0.25, 0.3) is 6.08 Å². The van der Waals surface area contributed by atoms with E-state index in [9.17, 15) is 0 Å². The van der Waals surface area contributed by atoms with Crippen LogP contribution in [0.3, 0.4) is 0 Å². The first-order chi connectivity index (χ1) is 10.1. The van der Waals surface area contributed by atoms with E-state index in [2.05, 4.69) is 72.4 Å². The van der Waals surface area contributed by atoms with Crippen LogP contribution in [0, 0.1) is 0 Å². The summed E-state index contributed by atoms with van der Waals surface area (Å²) in [6.07, 6.45) is 4.38. The maximum atomic E-state index is 3.56. The number of hydrogen-bond acceptors (Lipinski definition) is 3. The summed E-state index contributed by atoms with van der Waals surface area (Å²) in [5, 5.41) is 3.56. The Labute approximate surface area is 129 Å². The summed E-state index contributed by atoms with van der Waals surface area (Å²) in [5.41, 5.74) is 1.49. The summed E-state index contributed by atoms with van der Waals surface area (Å²) >= 11 is 0. The Morgan fingerprint density at radius 3 is 2.43 bits per heavy atom. The third-order valence-corrected chi connectivity index (χ3v) is 4.29. The van der Waals surface area contributed by atoms with Gasteiger partial charge in [-0.3, -0.25) is 4.90 Å². The van der Waals surface area contributed by atoms with Gasteiger partial charge in [0, 0.05) is 44.8 Å². The Morgan fingerprint density at radius 1 is 1.10 bits per heavy atom. The second kappa shape index (κ2) is 7.74. The lowest BCUT2D eigenvalue weighted by Crippen LogP contribution is -2.57. The van der Waals surface area contributed by atoms with Crippen molar-refractivity contribution in [2.24, 2.45) is 0 Å². The van der Waals surface area contributed by atoms with Crippen LogP contribution in [-0.2, 0) is 0 Å². The molecule has 3 heteroatoms. The SMILES string of the molecule is CN1CCN(C(C)(C)CNC/C=C\c2ccccc2)CC1. The maximum Gasteiger partial charge on any atom is 0.0278 e. The van der Waals surface area contributed by atoms with Crippen molar-refractivity contribution in [1.82, 2.24) is 15.1 Å². The average Bonchev–Trinajstić information content (AvgIpc) is 2.48. The molecule has 0 bridgehead atoms. The smallest absolute Gasteiger partial charge is 0.0278 e. The number of nitrogens with zero attached hydrogens (tertiary/aromatic N) is 2. The van der Waals surface area contributed by atoms with Crippen LogP contribution in [0.5, 0.6) is 0 Å². The van der Waals surface area contributed by atoms with E-state index in [1.165, 1.54) is 31.7 Å². The van der Waals surface area contributed by atoms with Crippen molar-refractivity contribution >= 4 is 6.08 Å². The Bertz CT molecular complexity index is 431. The largest absolute Gasteiger partial charge is 0.311 e. The van der Waals surface area contributed by atoms with Gasteiger partial charge in [-0.2, -0.15) is 0 Å². The van der Waals surface area contributed by atoms with Crippen LogP contribution in [-0.4, -0.2) is 61.7 Å². The van der Waals surface area contributed by atoms with Gasteiger partial charge in [0.1, 0.15) is 0 Å². The van der Waals surface area contributed by atoms with Crippen molar-refractivity contribution in [3.05, 3.63) is 42.0 Å². The van der Waals surface area contributed by atoms with Gasteiger partial charge >= 0.3 is 0 Å². The summed E-state index contributed by atoms with van der Waals surface area (Å²) in [6.45, 7) is 11.3. The molecular formula is C18H29N3. The predicted octanol–water partition coefficient (Wildman–Crippen LogP) is 2.32. The highest BCUT2D eigenvalue weighted by Crippen LogP contribution is 2.15. The Kier molecular flexibility index (Phi) is 5.97. The Hall–Kier alpha value is -1.16. The molecule has 0 radical (unpaired) electrons. The second-order valence-electron chi connectivity index (χ2n) is 6.55. The van der Waals surface area contributed by atoms with E-state index >= 15 is 0 Å². The van der Waals surface area contributed by atoms with Crippen LogP contribution in [0.15, 0.2) is 36.4 Å². The molecular weight excluding hydrogens is 258 g/mol. The molecule has 0 saturated carbocycles. The first-order valence-corrected chi connectivity index (χ1v) is 7.94. The van der Waals surface area contributed by atoms with E-state index in [0.29, 0.717) is 0 Å². The standard InChI is InChI=1S/C18H29N3/c1-18(2,21-14-12-20(3)13-15-21)16-19-11-7-10-17-8-5-4-6-9-17/h4-10,19H,11-16H2,1-3H3/b10-7-. The number of benzene rings is 1. The molecule has 0 atom stereocenters. The van der Waals surface area contributed by atoms with Crippen LogP contribution in [0.2, 0.25) is 0 Å². The molecule has 1 N–H and O–H groups in total. The molecule has 1 aliphatic heterocycles. The summed E-state index contributed by atoms with van der Waals surface area (Å²) in [6, 6.07) is 10.5. The maximum absolute atomic E-state index is 3.56. The number of rotatable bonds is 6. The minimum absolute atomic E-state index is 0.224. The van der Waals surface area contributed by atoms with E-state index < -0.39 is 0 Å². The van der Waals surface area contributed by atoms with Gasteiger partial charge in [-0.05, 0) is 26.5 Å². The molecule has 116 valence electrons. The Balaban J connectivity index is 1.71. The second-order valence-corrected chi connectivity index (χ2v) is 6.55. The topological polar surface area (TPSA) is 18.5 Å². The van der Waals surface area contributed by atoms with Gasteiger partial charge < -0.3 is 10.2 Å². The first kappa shape index (κ1) is 16.2. The molecule has 1 fully saturated rings. The van der Waals surface area contributed by atoms with Crippen molar-refractivity contribution in [3.8, 4) is 0 Å².